The Labute approximate surface area is 122 Å². The van der Waals surface area contributed by atoms with Gasteiger partial charge in [-0.15, -0.1) is 0 Å². The van der Waals surface area contributed by atoms with Crippen LogP contribution in [0.4, 0.5) is 4.39 Å². The number of nitrogens with two attached hydrogens (primary N) is 1. The Hall–Kier alpha value is -1.03. The second-order valence-electron chi connectivity index (χ2n) is 4.27. The molecule has 2 aromatic rings. The fourth-order valence-electron chi connectivity index (χ4n) is 1.74. The van der Waals surface area contributed by atoms with Crippen molar-refractivity contribution in [3.63, 3.8) is 0 Å². The van der Waals surface area contributed by atoms with Crippen molar-refractivity contribution in [2.75, 3.05) is 5.75 Å². The minimum Gasteiger partial charge on any atom is -0.323 e. The lowest BCUT2D eigenvalue weighted by atomic mass is 10.1. The summed E-state index contributed by atoms with van der Waals surface area (Å²) in [5.41, 5.74) is 7.97. The van der Waals surface area contributed by atoms with E-state index in [1.54, 1.807) is 17.8 Å². The first-order valence-corrected chi connectivity index (χ1v) is 7.52. The van der Waals surface area contributed by atoms with Gasteiger partial charge < -0.3 is 5.73 Å². The lowest BCUT2D eigenvalue weighted by molar-refractivity contribution is 0.622. The molecule has 0 aliphatic carbocycles. The first-order chi connectivity index (χ1) is 9.16. The van der Waals surface area contributed by atoms with Gasteiger partial charge in [0.15, 0.2) is 0 Å². The number of rotatable bonds is 5. The monoisotopic (exact) mass is 295 g/mol. The van der Waals surface area contributed by atoms with Gasteiger partial charge in [0.2, 0.25) is 0 Å². The van der Waals surface area contributed by atoms with Gasteiger partial charge in [-0.3, -0.25) is 0 Å². The van der Waals surface area contributed by atoms with Gasteiger partial charge in [0.05, 0.1) is 0 Å². The van der Waals surface area contributed by atoms with E-state index >= 15 is 0 Å². The Morgan fingerprint density at radius 3 is 2.68 bits per heavy atom. The molecule has 0 saturated carbocycles. The Morgan fingerprint density at radius 1 is 1.16 bits per heavy atom. The highest BCUT2D eigenvalue weighted by molar-refractivity contribution is 7.98. The van der Waals surface area contributed by atoms with E-state index in [0.717, 1.165) is 27.7 Å². The van der Waals surface area contributed by atoms with E-state index in [4.69, 9.17) is 17.3 Å². The number of hydrogen-bond donors (Lipinski definition) is 1. The van der Waals surface area contributed by atoms with Gasteiger partial charge in [-0.25, -0.2) is 4.39 Å². The highest BCUT2D eigenvalue weighted by Crippen LogP contribution is 2.24. The van der Waals surface area contributed by atoms with Crippen molar-refractivity contribution in [1.82, 2.24) is 0 Å². The summed E-state index contributed by atoms with van der Waals surface area (Å²) >= 11 is 7.78. The van der Waals surface area contributed by atoms with Gasteiger partial charge in [-0.1, -0.05) is 41.9 Å². The van der Waals surface area contributed by atoms with E-state index in [9.17, 15) is 4.39 Å². The maximum Gasteiger partial charge on any atom is 0.123 e. The fourth-order valence-corrected chi connectivity index (χ4v) is 3.06. The van der Waals surface area contributed by atoms with E-state index < -0.39 is 0 Å². The lowest BCUT2D eigenvalue weighted by Crippen LogP contribution is -2.13. The van der Waals surface area contributed by atoms with Gasteiger partial charge in [-0.05, 0) is 29.3 Å². The molecule has 2 aromatic carbocycles. The molecular formula is C15H15ClFNS. The van der Waals surface area contributed by atoms with Crippen LogP contribution in [0.25, 0.3) is 0 Å². The number of hydrogen-bond acceptors (Lipinski definition) is 2. The van der Waals surface area contributed by atoms with Gasteiger partial charge in [0.1, 0.15) is 5.82 Å². The van der Waals surface area contributed by atoms with Crippen molar-refractivity contribution < 1.29 is 4.39 Å². The van der Waals surface area contributed by atoms with Crippen LogP contribution in [0.1, 0.15) is 17.2 Å². The Morgan fingerprint density at radius 2 is 1.95 bits per heavy atom. The molecule has 0 amide bonds. The van der Waals surface area contributed by atoms with E-state index in [1.807, 2.05) is 30.3 Å². The van der Waals surface area contributed by atoms with E-state index in [2.05, 4.69) is 0 Å². The predicted octanol–water partition coefficient (Wildman–Crippen LogP) is 4.41. The zero-order chi connectivity index (χ0) is 13.7. The van der Waals surface area contributed by atoms with Gasteiger partial charge in [0.25, 0.3) is 0 Å². The third kappa shape index (κ3) is 4.23. The summed E-state index contributed by atoms with van der Waals surface area (Å²) in [6.07, 6.45) is 0. The second-order valence-corrected chi connectivity index (χ2v) is 5.71. The normalized spacial score (nSPS) is 12.4. The van der Waals surface area contributed by atoms with Crippen LogP contribution in [-0.4, -0.2) is 5.75 Å². The minimum absolute atomic E-state index is 0.164. The highest BCUT2D eigenvalue weighted by atomic mass is 35.5. The summed E-state index contributed by atoms with van der Waals surface area (Å²) in [4.78, 5) is 0. The predicted molar refractivity (Wildman–Crippen MR) is 80.9 cm³/mol. The van der Waals surface area contributed by atoms with Crippen LogP contribution < -0.4 is 5.73 Å². The molecule has 1 unspecified atom stereocenters. The van der Waals surface area contributed by atoms with Crippen LogP contribution >= 0.6 is 23.4 Å². The van der Waals surface area contributed by atoms with Crippen LogP contribution in [0.3, 0.4) is 0 Å². The molecular weight excluding hydrogens is 281 g/mol. The molecule has 2 rings (SSSR count). The second kappa shape index (κ2) is 6.94. The van der Waals surface area contributed by atoms with E-state index in [1.165, 1.54) is 12.1 Å². The van der Waals surface area contributed by atoms with Gasteiger partial charge >= 0.3 is 0 Å². The van der Waals surface area contributed by atoms with Crippen LogP contribution in [0.2, 0.25) is 5.02 Å². The fraction of sp³-hybridized carbons (Fsp3) is 0.200. The first kappa shape index (κ1) is 14.4. The molecule has 0 saturated heterocycles. The Bertz CT molecular complexity index is 547. The molecule has 100 valence electrons. The molecule has 2 N–H and O–H groups in total. The Balaban J connectivity index is 1.88. The molecule has 0 spiro atoms. The van der Waals surface area contributed by atoms with Crippen molar-refractivity contribution >= 4 is 23.4 Å². The molecule has 0 radical (unpaired) electrons. The van der Waals surface area contributed by atoms with Crippen molar-refractivity contribution in [1.29, 1.82) is 0 Å². The first-order valence-electron chi connectivity index (χ1n) is 5.99. The van der Waals surface area contributed by atoms with Gasteiger partial charge in [-0.2, -0.15) is 11.8 Å². The molecule has 0 aliphatic rings. The smallest absolute Gasteiger partial charge is 0.123 e. The topological polar surface area (TPSA) is 26.0 Å². The third-order valence-electron chi connectivity index (χ3n) is 2.79. The summed E-state index contributed by atoms with van der Waals surface area (Å²) in [5, 5.41) is 0.773. The highest BCUT2D eigenvalue weighted by Gasteiger charge is 2.07. The number of benzene rings is 2. The van der Waals surface area contributed by atoms with Crippen LogP contribution in [0.5, 0.6) is 0 Å². The molecule has 1 atom stereocenters. The SMILES string of the molecule is NC(CSCc1ccccc1Cl)c1cccc(F)c1. The zero-order valence-electron chi connectivity index (χ0n) is 10.4. The summed E-state index contributed by atoms with van der Waals surface area (Å²) in [7, 11) is 0. The maximum absolute atomic E-state index is 13.1. The molecule has 0 fully saturated rings. The van der Waals surface area contributed by atoms with Crippen molar-refractivity contribution in [2.24, 2.45) is 5.73 Å². The molecule has 0 aliphatic heterocycles. The average Bonchev–Trinajstić information content (AvgIpc) is 2.41. The number of halogens is 2. The van der Waals surface area contributed by atoms with Crippen LogP contribution in [0, 0.1) is 5.82 Å². The summed E-state index contributed by atoms with van der Waals surface area (Å²) in [6.45, 7) is 0. The molecule has 1 nitrogen and oxygen atoms in total. The third-order valence-corrected chi connectivity index (χ3v) is 4.27. The average molecular weight is 296 g/mol. The molecule has 19 heavy (non-hydrogen) atoms. The minimum atomic E-state index is -0.246. The molecule has 0 bridgehead atoms. The molecule has 4 heteroatoms. The van der Waals surface area contributed by atoms with Crippen LogP contribution in [-0.2, 0) is 5.75 Å². The number of thioether (sulfide) groups is 1. The zero-order valence-corrected chi connectivity index (χ0v) is 11.9. The molecule has 0 aromatic heterocycles. The van der Waals surface area contributed by atoms with Crippen LogP contribution in [0.15, 0.2) is 48.5 Å². The van der Waals surface area contributed by atoms with E-state index in [0.29, 0.717) is 0 Å². The quantitative estimate of drug-likeness (QED) is 0.884. The van der Waals surface area contributed by atoms with Crippen molar-refractivity contribution in [3.8, 4) is 0 Å². The maximum atomic E-state index is 13.1. The largest absolute Gasteiger partial charge is 0.323 e. The van der Waals surface area contributed by atoms with Crippen molar-refractivity contribution in [3.05, 3.63) is 70.5 Å². The standard InChI is InChI=1S/C15H15ClFNS/c16-14-7-2-1-4-12(14)9-19-10-15(18)11-5-3-6-13(17)8-11/h1-8,15H,9-10,18H2. The van der Waals surface area contributed by atoms with E-state index in [-0.39, 0.29) is 11.9 Å². The van der Waals surface area contributed by atoms with Crippen molar-refractivity contribution in [2.45, 2.75) is 11.8 Å². The van der Waals surface area contributed by atoms with Gasteiger partial charge in [0, 0.05) is 22.6 Å². The molecule has 0 heterocycles. The lowest BCUT2D eigenvalue weighted by Gasteiger charge is -2.12. The summed E-state index contributed by atoms with van der Waals surface area (Å²) < 4.78 is 13.1. The summed E-state index contributed by atoms with van der Waals surface area (Å²) in [5.74, 6) is 1.29. The summed E-state index contributed by atoms with van der Waals surface area (Å²) in [6, 6.07) is 14.0. The Kier molecular flexibility index (Phi) is 5.25.